The van der Waals surface area contributed by atoms with Gasteiger partial charge in [-0.3, -0.25) is 0 Å². The van der Waals surface area contributed by atoms with E-state index >= 15 is 0 Å². The number of carbonyl (C=O) groups is 1. The highest BCUT2D eigenvalue weighted by molar-refractivity contribution is 5.75. The molecule has 1 atom stereocenters. The molecule has 7 heteroatoms. The summed E-state index contributed by atoms with van der Waals surface area (Å²) in [5, 5.41) is 0. The minimum absolute atomic E-state index is 0.162. The van der Waals surface area contributed by atoms with Gasteiger partial charge in [-0.25, -0.2) is 4.79 Å². The summed E-state index contributed by atoms with van der Waals surface area (Å²) in [6.07, 6.45) is -5.54. The van der Waals surface area contributed by atoms with Gasteiger partial charge in [0.05, 0.1) is 6.61 Å². The normalized spacial score (nSPS) is 12.7. The predicted octanol–water partition coefficient (Wildman–Crippen LogP) is 3.31. The molecule has 0 aliphatic carbocycles. The van der Waals surface area contributed by atoms with Crippen LogP contribution in [0.4, 0.5) is 13.2 Å². The fourth-order valence-electron chi connectivity index (χ4n) is 1.44. The second kappa shape index (κ2) is 7.02. The van der Waals surface area contributed by atoms with Gasteiger partial charge in [-0.1, -0.05) is 19.1 Å². The molecule has 0 spiro atoms. The summed E-state index contributed by atoms with van der Waals surface area (Å²) in [6.45, 7) is 3.46. The molecule has 0 aromatic heterocycles. The maximum atomic E-state index is 12.3. The van der Waals surface area contributed by atoms with Crippen LogP contribution in [0.1, 0.15) is 20.3 Å². The van der Waals surface area contributed by atoms with Crippen molar-refractivity contribution >= 4 is 5.97 Å². The number of benzene rings is 1. The van der Waals surface area contributed by atoms with Gasteiger partial charge in [0.25, 0.3) is 0 Å². The van der Waals surface area contributed by atoms with Crippen molar-refractivity contribution in [3.63, 3.8) is 0 Å². The SMILES string of the molecule is CCOC(=O)C(CC)Oc1ccccc1OC(F)(F)F. The van der Waals surface area contributed by atoms with Crippen LogP contribution >= 0.6 is 0 Å². The summed E-state index contributed by atoms with van der Waals surface area (Å²) in [5.74, 6) is -1.29. The molecule has 1 unspecified atom stereocenters. The van der Waals surface area contributed by atoms with Gasteiger partial charge in [0.1, 0.15) is 0 Å². The highest BCUT2D eigenvalue weighted by atomic mass is 19.4. The Morgan fingerprint density at radius 1 is 1.20 bits per heavy atom. The summed E-state index contributed by atoms with van der Waals surface area (Å²) in [5.41, 5.74) is 0. The Hall–Kier alpha value is -1.92. The zero-order valence-electron chi connectivity index (χ0n) is 11.1. The second-order valence-electron chi connectivity index (χ2n) is 3.76. The molecule has 4 nitrogen and oxygen atoms in total. The number of halogens is 3. The smallest absolute Gasteiger partial charge is 0.475 e. The first kappa shape index (κ1) is 16.1. The van der Waals surface area contributed by atoms with Crippen LogP contribution in [0.5, 0.6) is 11.5 Å². The number of esters is 1. The number of alkyl halides is 3. The molecule has 0 aliphatic rings. The molecule has 0 fully saturated rings. The quantitative estimate of drug-likeness (QED) is 0.755. The predicted molar refractivity (Wildman–Crippen MR) is 64.5 cm³/mol. The highest BCUT2D eigenvalue weighted by Crippen LogP contribution is 2.32. The van der Waals surface area contributed by atoms with E-state index in [1.54, 1.807) is 13.8 Å². The number of rotatable bonds is 6. The van der Waals surface area contributed by atoms with Crippen molar-refractivity contribution in [1.82, 2.24) is 0 Å². The molecule has 0 bridgehead atoms. The highest BCUT2D eigenvalue weighted by Gasteiger charge is 2.33. The van der Waals surface area contributed by atoms with Crippen LogP contribution in [0.3, 0.4) is 0 Å². The first-order valence-electron chi connectivity index (χ1n) is 6.05. The number of hydrogen-bond donors (Lipinski definition) is 0. The molecule has 1 aromatic rings. The lowest BCUT2D eigenvalue weighted by molar-refractivity contribution is -0.275. The summed E-state index contributed by atoms with van der Waals surface area (Å²) >= 11 is 0. The van der Waals surface area contributed by atoms with Gasteiger partial charge in [0.2, 0.25) is 0 Å². The summed E-state index contributed by atoms with van der Waals surface area (Å²) in [6, 6.07) is 5.26. The summed E-state index contributed by atoms with van der Waals surface area (Å²) in [4.78, 5) is 11.6. The molecule has 0 amide bonds. The van der Waals surface area contributed by atoms with Gasteiger partial charge in [0, 0.05) is 0 Å². The van der Waals surface area contributed by atoms with Crippen LogP contribution in [0.2, 0.25) is 0 Å². The zero-order chi connectivity index (χ0) is 15.2. The maximum Gasteiger partial charge on any atom is 0.573 e. The standard InChI is InChI=1S/C13H15F3O4/c1-3-9(12(17)18-4-2)19-10-7-5-6-8-11(10)20-13(14,15)16/h5-9H,3-4H2,1-2H3. The average molecular weight is 292 g/mol. The molecule has 112 valence electrons. The van der Waals surface area contributed by atoms with Gasteiger partial charge in [-0.05, 0) is 25.5 Å². The van der Waals surface area contributed by atoms with E-state index in [1.807, 2.05) is 0 Å². The summed E-state index contributed by atoms with van der Waals surface area (Å²) in [7, 11) is 0. The third kappa shape index (κ3) is 4.99. The van der Waals surface area contributed by atoms with Crippen LogP contribution in [0, 0.1) is 0 Å². The third-order valence-corrected chi connectivity index (χ3v) is 2.26. The van der Waals surface area contributed by atoms with Crippen LogP contribution in [0.15, 0.2) is 24.3 Å². The van der Waals surface area contributed by atoms with Gasteiger partial charge in [0.15, 0.2) is 17.6 Å². The number of para-hydroxylation sites is 2. The third-order valence-electron chi connectivity index (χ3n) is 2.26. The zero-order valence-corrected chi connectivity index (χ0v) is 11.1. The van der Waals surface area contributed by atoms with Gasteiger partial charge in [-0.2, -0.15) is 0 Å². The second-order valence-corrected chi connectivity index (χ2v) is 3.76. The van der Waals surface area contributed by atoms with Crippen molar-refractivity contribution in [1.29, 1.82) is 0 Å². The lowest BCUT2D eigenvalue weighted by atomic mass is 10.2. The molecule has 1 aromatic carbocycles. The molecule has 1 rings (SSSR count). The van der Waals surface area contributed by atoms with Crippen LogP contribution in [0.25, 0.3) is 0 Å². The van der Waals surface area contributed by atoms with E-state index in [9.17, 15) is 18.0 Å². The first-order valence-corrected chi connectivity index (χ1v) is 6.05. The Balaban J connectivity index is 2.87. The van der Waals surface area contributed by atoms with Crippen molar-refractivity contribution in [2.24, 2.45) is 0 Å². The Labute approximate surface area is 114 Å². The monoisotopic (exact) mass is 292 g/mol. The average Bonchev–Trinajstić information content (AvgIpc) is 2.36. The first-order chi connectivity index (χ1) is 9.37. The van der Waals surface area contributed by atoms with E-state index < -0.39 is 24.2 Å². The lowest BCUT2D eigenvalue weighted by Crippen LogP contribution is -2.29. The Kier molecular flexibility index (Phi) is 5.66. The van der Waals surface area contributed by atoms with E-state index in [-0.39, 0.29) is 18.8 Å². The molecule has 0 aliphatic heterocycles. The molecule has 0 heterocycles. The van der Waals surface area contributed by atoms with E-state index in [0.29, 0.717) is 0 Å². The summed E-state index contributed by atoms with van der Waals surface area (Å²) < 4.78 is 50.6. The maximum absolute atomic E-state index is 12.3. The van der Waals surface area contributed by atoms with Crippen molar-refractivity contribution in [3.05, 3.63) is 24.3 Å². The molecule has 20 heavy (non-hydrogen) atoms. The topological polar surface area (TPSA) is 44.8 Å². The minimum Gasteiger partial charge on any atom is -0.475 e. The van der Waals surface area contributed by atoms with E-state index in [0.717, 1.165) is 6.07 Å². The van der Waals surface area contributed by atoms with Crippen LogP contribution in [-0.4, -0.2) is 25.0 Å². The lowest BCUT2D eigenvalue weighted by Gasteiger charge is -2.18. The van der Waals surface area contributed by atoms with Crippen molar-refractivity contribution in [2.75, 3.05) is 6.61 Å². The van der Waals surface area contributed by atoms with E-state index in [2.05, 4.69) is 4.74 Å². The molecule has 0 saturated carbocycles. The van der Waals surface area contributed by atoms with E-state index in [4.69, 9.17) is 9.47 Å². The van der Waals surface area contributed by atoms with Crippen LogP contribution < -0.4 is 9.47 Å². The minimum atomic E-state index is -4.83. The van der Waals surface area contributed by atoms with Crippen molar-refractivity contribution in [2.45, 2.75) is 32.7 Å². The Morgan fingerprint density at radius 3 is 2.30 bits per heavy atom. The molecule has 0 radical (unpaired) electrons. The Morgan fingerprint density at radius 2 is 1.80 bits per heavy atom. The number of hydrogen-bond acceptors (Lipinski definition) is 4. The van der Waals surface area contributed by atoms with Gasteiger partial charge < -0.3 is 14.2 Å². The number of ether oxygens (including phenoxy) is 3. The van der Waals surface area contributed by atoms with E-state index in [1.165, 1.54) is 18.2 Å². The Bertz CT molecular complexity index is 445. The van der Waals surface area contributed by atoms with Gasteiger partial charge >= 0.3 is 12.3 Å². The molecular formula is C13H15F3O4. The van der Waals surface area contributed by atoms with Crippen LogP contribution in [-0.2, 0) is 9.53 Å². The molecular weight excluding hydrogens is 277 g/mol. The van der Waals surface area contributed by atoms with Crippen molar-refractivity contribution < 1.29 is 32.2 Å². The van der Waals surface area contributed by atoms with Crippen molar-refractivity contribution in [3.8, 4) is 11.5 Å². The van der Waals surface area contributed by atoms with Gasteiger partial charge in [-0.15, -0.1) is 13.2 Å². The molecule has 0 saturated heterocycles. The fraction of sp³-hybridized carbons (Fsp3) is 0.462. The fourth-order valence-corrected chi connectivity index (χ4v) is 1.44. The largest absolute Gasteiger partial charge is 0.573 e. The number of carbonyl (C=O) groups excluding carboxylic acids is 1. The molecule has 0 N–H and O–H groups in total.